The van der Waals surface area contributed by atoms with E-state index in [9.17, 15) is 19.5 Å². The van der Waals surface area contributed by atoms with Gasteiger partial charge in [0, 0.05) is 0 Å². The first-order chi connectivity index (χ1) is 13.4. The summed E-state index contributed by atoms with van der Waals surface area (Å²) in [5, 5.41) is 11.0. The molecule has 28 heavy (non-hydrogen) atoms. The molecule has 0 saturated heterocycles. The molecule has 0 aromatic heterocycles. The van der Waals surface area contributed by atoms with Crippen LogP contribution >= 0.6 is 0 Å². The van der Waals surface area contributed by atoms with Crippen LogP contribution in [-0.2, 0) is 0 Å². The molecule has 6 nitrogen and oxygen atoms in total. The number of aromatic carboxylic acids is 1. The minimum Gasteiger partial charge on any atom is -0.545 e. The highest BCUT2D eigenvalue weighted by Crippen LogP contribution is 2.31. The van der Waals surface area contributed by atoms with Crippen molar-refractivity contribution in [3.63, 3.8) is 0 Å². The van der Waals surface area contributed by atoms with E-state index >= 15 is 0 Å². The van der Waals surface area contributed by atoms with E-state index in [0.29, 0.717) is 17.2 Å². The van der Waals surface area contributed by atoms with Crippen LogP contribution in [0.15, 0.2) is 66.7 Å². The van der Waals surface area contributed by atoms with Crippen LogP contribution in [-0.4, -0.2) is 17.8 Å². The molecule has 3 aromatic carbocycles. The van der Waals surface area contributed by atoms with Gasteiger partial charge < -0.3 is 14.6 Å². The van der Waals surface area contributed by atoms with E-state index in [2.05, 4.69) is 0 Å². The maximum atomic E-state index is 12.7. The summed E-state index contributed by atoms with van der Waals surface area (Å²) < 4.78 is 5.75. The van der Waals surface area contributed by atoms with Crippen molar-refractivity contribution in [1.82, 2.24) is 0 Å². The van der Waals surface area contributed by atoms with Crippen LogP contribution in [0.1, 0.15) is 36.6 Å². The highest BCUT2D eigenvalue weighted by Gasteiger charge is 2.36. The Hall–Kier alpha value is -3.93. The average molecular weight is 372 g/mol. The summed E-state index contributed by atoms with van der Waals surface area (Å²) in [6.45, 7) is 1.98. The van der Waals surface area contributed by atoms with Crippen LogP contribution in [0.2, 0.25) is 0 Å². The standard InChI is InChI=1S/C22H15NO5/c1-13-2-7-16(8-3-13)28-17-9-5-15(6-10-17)23-20(24)18-11-4-14(22(26)27)12-19(18)21(23)25/h2-12H,1H3,(H,26,27)/p-1. The number of carboxylic acid groups (broad SMARTS) is 1. The third-order valence-corrected chi connectivity index (χ3v) is 4.47. The Morgan fingerprint density at radius 2 is 1.39 bits per heavy atom. The van der Waals surface area contributed by atoms with E-state index in [1.54, 1.807) is 24.3 Å². The summed E-state index contributed by atoms with van der Waals surface area (Å²) in [4.78, 5) is 37.3. The highest BCUT2D eigenvalue weighted by molar-refractivity contribution is 6.34. The smallest absolute Gasteiger partial charge is 0.266 e. The predicted molar refractivity (Wildman–Crippen MR) is 99.6 cm³/mol. The van der Waals surface area contributed by atoms with E-state index in [4.69, 9.17) is 4.74 Å². The van der Waals surface area contributed by atoms with Gasteiger partial charge in [0.2, 0.25) is 0 Å². The van der Waals surface area contributed by atoms with Gasteiger partial charge in [0.05, 0.1) is 22.8 Å². The molecule has 1 aliphatic heterocycles. The van der Waals surface area contributed by atoms with E-state index < -0.39 is 17.8 Å². The number of amides is 2. The van der Waals surface area contributed by atoms with E-state index in [1.165, 1.54) is 18.2 Å². The number of anilines is 1. The van der Waals surface area contributed by atoms with E-state index in [0.717, 1.165) is 10.5 Å². The van der Waals surface area contributed by atoms with Crippen LogP contribution in [0, 0.1) is 6.92 Å². The first kappa shape index (κ1) is 17.5. The number of carbonyl (C=O) groups excluding carboxylic acids is 3. The lowest BCUT2D eigenvalue weighted by atomic mass is 10.1. The van der Waals surface area contributed by atoms with Gasteiger partial charge in [0.25, 0.3) is 11.8 Å². The molecular formula is C22H14NO5-. The third kappa shape index (κ3) is 3.01. The third-order valence-electron chi connectivity index (χ3n) is 4.47. The minimum atomic E-state index is -1.40. The second-order valence-electron chi connectivity index (χ2n) is 6.40. The Labute approximate surface area is 160 Å². The molecular weight excluding hydrogens is 358 g/mol. The number of ether oxygens (including phenoxy) is 1. The summed E-state index contributed by atoms with van der Waals surface area (Å²) >= 11 is 0. The lowest BCUT2D eigenvalue weighted by Gasteiger charge is -2.14. The van der Waals surface area contributed by atoms with Gasteiger partial charge in [0.1, 0.15) is 11.5 Å². The summed E-state index contributed by atoms with van der Waals surface area (Å²) in [5.74, 6) is -1.25. The van der Waals surface area contributed by atoms with Gasteiger partial charge in [0.15, 0.2) is 0 Å². The van der Waals surface area contributed by atoms with E-state index in [1.807, 2.05) is 31.2 Å². The largest absolute Gasteiger partial charge is 0.545 e. The number of carboxylic acids is 1. The Morgan fingerprint density at radius 3 is 2.00 bits per heavy atom. The van der Waals surface area contributed by atoms with Crippen LogP contribution < -0.4 is 14.7 Å². The van der Waals surface area contributed by atoms with Crippen molar-refractivity contribution in [2.75, 3.05) is 4.90 Å². The molecule has 0 atom stereocenters. The molecule has 0 fully saturated rings. The predicted octanol–water partition coefficient (Wildman–Crippen LogP) is 2.95. The van der Waals surface area contributed by atoms with E-state index in [-0.39, 0.29) is 16.7 Å². The maximum absolute atomic E-state index is 12.7. The van der Waals surface area contributed by atoms with Crippen LogP contribution in [0.4, 0.5) is 5.69 Å². The number of rotatable bonds is 4. The zero-order chi connectivity index (χ0) is 19.8. The van der Waals surface area contributed by atoms with Crippen molar-refractivity contribution in [2.24, 2.45) is 0 Å². The molecule has 0 bridgehead atoms. The van der Waals surface area contributed by atoms with Gasteiger partial charge in [-0.05, 0) is 61.0 Å². The maximum Gasteiger partial charge on any atom is 0.266 e. The molecule has 0 aliphatic carbocycles. The lowest BCUT2D eigenvalue weighted by molar-refractivity contribution is -0.255. The first-order valence-electron chi connectivity index (χ1n) is 8.53. The zero-order valence-electron chi connectivity index (χ0n) is 14.8. The van der Waals surface area contributed by atoms with Crippen molar-refractivity contribution in [2.45, 2.75) is 6.92 Å². The lowest BCUT2D eigenvalue weighted by Crippen LogP contribution is -2.29. The fraction of sp³-hybridized carbons (Fsp3) is 0.0455. The number of hydrogen-bond donors (Lipinski definition) is 0. The molecule has 4 rings (SSSR count). The Balaban J connectivity index is 1.59. The van der Waals surface area contributed by atoms with Gasteiger partial charge >= 0.3 is 0 Å². The quantitative estimate of drug-likeness (QED) is 0.657. The molecule has 0 N–H and O–H groups in total. The average Bonchev–Trinajstić information content (AvgIpc) is 2.94. The summed E-state index contributed by atoms with van der Waals surface area (Å²) in [6.07, 6.45) is 0. The van der Waals surface area contributed by atoms with Gasteiger partial charge in [-0.3, -0.25) is 9.59 Å². The fourth-order valence-corrected chi connectivity index (χ4v) is 3.01. The molecule has 0 radical (unpaired) electrons. The molecule has 1 aliphatic rings. The second-order valence-corrected chi connectivity index (χ2v) is 6.40. The molecule has 0 saturated carbocycles. The second kappa shape index (κ2) is 6.66. The normalized spacial score (nSPS) is 12.8. The zero-order valence-corrected chi connectivity index (χ0v) is 14.8. The molecule has 3 aromatic rings. The Kier molecular flexibility index (Phi) is 4.16. The number of hydrogen-bond acceptors (Lipinski definition) is 5. The Bertz CT molecular complexity index is 1100. The van der Waals surface area contributed by atoms with Crippen molar-refractivity contribution >= 4 is 23.5 Å². The van der Waals surface area contributed by atoms with Crippen molar-refractivity contribution in [3.05, 3.63) is 89.0 Å². The first-order valence-corrected chi connectivity index (χ1v) is 8.53. The number of fused-ring (bicyclic) bond motifs is 1. The van der Waals surface area contributed by atoms with Crippen LogP contribution in [0.5, 0.6) is 11.5 Å². The topological polar surface area (TPSA) is 86.7 Å². The molecule has 0 unspecified atom stereocenters. The molecule has 1 heterocycles. The number of carbonyl (C=O) groups is 3. The van der Waals surface area contributed by atoms with Crippen molar-refractivity contribution in [1.29, 1.82) is 0 Å². The molecule has 6 heteroatoms. The SMILES string of the molecule is Cc1ccc(Oc2ccc(N3C(=O)c4ccc(C(=O)[O-])cc4C3=O)cc2)cc1. The molecule has 138 valence electrons. The summed E-state index contributed by atoms with van der Waals surface area (Å²) in [5.41, 5.74) is 1.55. The van der Waals surface area contributed by atoms with Gasteiger partial charge in [-0.1, -0.05) is 23.8 Å². The fourth-order valence-electron chi connectivity index (χ4n) is 3.01. The number of aryl methyl sites for hydroxylation is 1. The number of nitrogens with zero attached hydrogens (tertiary/aromatic N) is 1. The number of imide groups is 1. The minimum absolute atomic E-state index is 0.0479. The number of benzene rings is 3. The van der Waals surface area contributed by atoms with Crippen LogP contribution in [0.25, 0.3) is 0 Å². The van der Waals surface area contributed by atoms with Crippen molar-refractivity contribution in [3.8, 4) is 11.5 Å². The van der Waals surface area contributed by atoms with Gasteiger partial charge in [-0.15, -0.1) is 0 Å². The van der Waals surface area contributed by atoms with Gasteiger partial charge in [-0.2, -0.15) is 0 Å². The van der Waals surface area contributed by atoms with Crippen LogP contribution in [0.3, 0.4) is 0 Å². The highest BCUT2D eigenvalue weighted by atomic mass is 16.5. The molecule has 0 spiro atoms. The summed E-state index contributed by atoms with van der Waals surface area (Å²) in [7, 11) is 0. The van der Waals surface area contributed by atoms with Gasteiger partial charge in [-0.25, -0.2) is 4.90 Å². The monoisotopic (exact) mass is 372 g/mol. The van der Waals surface area contributed by atoms with Crippen molar-refractivity contribution < 1.29 is 24.2 Å². The Morgan fingerprint density at radius 1 is 0.821 bits per heavy atom. The molecule has 2 amide bonds. The summed E-state index contributed by atoms with van der Waals surface area (Å²) in [6, 6.07) is 17.8.